The lowest BCUT2D eigenvalue weighted by Crippen LogP contribution is -2.41. The van der Waals surface area contributed by atoms with Crippen molar-refractivity contribution < 1.29 is 4.79 Å². The van der Waals surface area contributed by atoms with Gasteiger partial charge in [0.15, 0.2) is 0 Å². The van der Waals surface area contributed by atoms with Crippen LogP contribution in [0.5, 0.6) is 0 Å². The first-order valence-electron chi connectivity index (χ1n) is 5.76. The fourth-order valence-electron chi connectivity index (χ4n) is 1.92. The Bertz CT molecular complexity index is 393. The molecule has 2 nitrogen and oxygen atoms in total. The van der Waals surface area contributed by atoms with E-state index in [1.54, 1.807) is 0 Å². The van der Waals surface area contributed by atoms with Crippen molar-refractivity contribution >= 4 is 29.3 Å². The molecule has 1 saturated heterocycles. The second-order valence-corrected chi connectivity index (χ2v) is 6.08. The van der Waals surface area contributed by atoms with Crippen molar-refractivity contribution in [3.63, 3.8) is 0 Å². The van der Waals surface area contributed by atoms with E-state index in [0.29, 0.717) is 11.1 Å². The Hall–Kier alpha value is -0.670. The molecule has 2 rings (SSSR count). The zero-order valence-corrected chi connectivity index (χ0v) is 11.4. The molecule has 92 valence electrons. The van der Waals surface area contributed by atoms with Gasteiger partial charge in [0.05, 0.1) is 0 Å². The van der Waals surface area contributed by atoms with Crippen molar-refractivity contribution in [1.82, 2.24) is 4.90 Å². The average molecular weight is 270 g/mol. The molecular weight excluding hydrogens is 254 g/mol. The number of hydrogen-bond acceptors (Lipinski definition) is 2. The number of amides is 1. The molecule has 1 atom stereocenters. The molecule has 1 aromatic rings. The van der Waals surface area contributed by atoms with Crippen LogP contribution in [0, 0.1) is 0 Å². The van der Waals surface area contributed by atoms with E-state index >= 15 is 0 Å². The van der Waals surface area contributed by atoms with Crippen molar-refractivity contribution in [1.29, 1.82) is 0 Å². The maximum Gasteiger partial charge on any atom is 0.253 e. The second kappa shape index (κ2) is 5.78. The van der Waals surface area contributed by atoms with E-state index in [4.69, 9.17) is 11.6 Å². The Kier molecular flexibility index (Phi) is 4.35. The monoisotopic (exact) mass is 269 g/mol. The van der Waals surface area contributed by atoms with Gasteiger partial charge < -0.3 is 4.90 Å². The second-order valence-electron chi connectivity index (χ2n) is 4.26. The van der Waals surface area contributed by atoms with Gasteiger partial charge in [-0.25, -0.2) is 0 Å². The van der Waals surface area contributed by atoms with Crippen LogP contribution in [0.25, 0.3) is 0 Å². The SMILES string of the molecule is CC1CN(C(=O)c2ccc(CCl)cc2)CCS1. The predicted octanol–water partition coefficient (Wildman–Crippen LogP) is 3.00. The van der Waals surface area contributed by atoms with Crippen molar-refractivity contribution in [3.8, 4) is 0 Å². The predicted molar refractivity (Wildman–Crippen MR) is 73.8 cm³/mol. The highest BCUT2D eigenvalue weighted by atomic mass is 35.5. The first-order valence-corrected chi connectivity index (χ1v) is 7.35. The zero-order valence-electron chi connectivity index (χ0n) is 9.86. The summed E-state index contributed by atoms with van der Waals surface area (Å²) in [6.07, 6.45) is 0. The Morgan fingerprint density at radius 1 is 1.47 bits per heavy atom. The molecule has 0 radical (unpaired) electrons. The molecule has 0 bridgehead atoms. The van der Waals surface area contributed by atoms with Crippen molar-refractivity contribution in [3.05, 3.63) is 35.4 Å². The van der Waals surface area contributed by atoms with Gasteiger partial charge in [0.1, 0.15) is 0 Å². The highest BCUT2D eigenvalue weighted by Gasteiger charge is 2.22. The van der Waals surface area contributed by atoms with Crippen LogP contribution in [-0.4, -0.2) is 34.9 Å². The topological polar surface area (TPSA) is 20.3 Å². The fraction of sp³-hybridized carbons (Fsp3) is 0.462. The lowest BCUT2D eigenvalue weighted by molar-refractivity contribution is 0.0763. The standard InChI is InChI=1S/C13H16ClNOS/c1-10-9-15(6-7-17-10)13(16)12-4-2-11(8-14)3-5-12/h2-5,10H,6-9H2,1H3. The van der Waals surface area contributed by atoms with E-state index in [9.17, 15) is 4.79 Å². The quantitative estimate of drug-likeness (QED) is 0.770. The van der Waals surface area contributed by atoms with E-state index in [1.165, 1.54) is 0 Å². The van der Waals surface area contributed by atoms with Gasteiger partial charge in [0, 0.05) is 35.5 Å². The molecule has 1 amide bonds. The minimum Gasteiger partial charge on any atom is -0.337 e. The maximum atomic E-state index is 12.2. The third-order valence-corrected chi connectivity index (χ3v) is 4.33. The largest absolute Gasteiger partial charge is 0.337 e. The van der Waals surface area contributed by atoms with Crippen LogP contribution in [0.15, 0.2) is 24.3 Å². The van der Waals surface area contributed by atoms with Crippen molar-refractivity contribution in [2.45, 2.75) is 18.1 Å². The fourth-order valence-corrected chi connectivity index (χ4v) is 3.11. The lowest BCUT2D eigenvalue weighted by Gasteiger charge is -2.30. The molecule has 0 saturated carbocycles. The summed E-state index contributed by atoms with van der Waals surface area (Å²) in [4.78, 5) is 14.2. The summed E-state index contributed by atoms with van der Waals surface area (Å²) in [5.41, 5.74) is 1.81. The van der Waals surface area contributed by atoms with Crippen LogP contribution in [0.3, 0.4) is 0 Å². The molecular formula is C13H16ClNOS. The highest BCUT2D eigenvalue weighted by Crippen LogP contribution is 2.19. The Morgan fingerprint density at radius 2 is 2.18 bits per heavy atom. The third-order valence-electron chi connectivity index (χ3n) is 2.88. The van der Waals surface area contributed by atoms with Gasteiger partial charge in [-0.15, -0.1) is 11.6 Å². The van der Waals surface area contributed by atoms with Crippen LogP contribution in [0.2, 0.25) is 0 Å². The molecule has 4 heteroatoms. The molecule has 0 N–H and O–H groups in total. The van der Waals surface area contributed by atoms with Crippen LogP contribution in [0.1, 0.15) is 22.8 Å². The summed E-state index contributed by atoms with van der Waals surface area (Å²) < 4.78 is 0. The van der Waals surface area contributed by atoms with E-state index in [-0.39, 0.29) is 5.91 Å². The first-order chi connectivity index (χ1) is 8.20. The summed E-state index contributed by atoms with van der Waals surface area (Å²) in [7, 11) is 0. The maximum absolute atomic E-state index is 12.2. The Morgan fingerprint density at radius 3 is 2.76 bits per heavy atom. The number of hydrogen-bond donors (Lipinski definition) is 0. The van der Waals surface area contributed by atoms with Crippen LogP contribution in [-0.2, 0) is 5.88 Å². The summed E-state index contributed by atoms with van der Waals surface area (Å²) in [5.74, 6) is 1.66. The number of benzene rings is 1. The summed E-state index contributed by atoms with van der Waals surface area (Å²) in [5, 5.41) is 0.537. The van der Waals surface area contributed by atoms with Crippen LogP contribution in [0.4, 0.5) is 0 Å². The van der Waals surface area contributed by atoms with Crippen LogP contribution < -0.4 is 0 Å². The van der Waals surface area contributed by atoms with Crippen molar-refractivity contribution in [2.75, 3.05) is 18.8 Å². The molecule has 0 aliphatic carbocycles. The number of carbonyl (C=O) groups is 1. The van der Waals surface area contributed by atoms with E-state index in [0.717, 1.165) is 30.0 Å². The number of rotatable bonds is 2. The van der Waals surface area contributed by atoms with Gasteiger partial charge in [-0.1, -0.05) is 19.1 Å². The minimum atomic E-state index is 0.137. The molecule has 0 spiro atoms. The van der Waals surface area contributed by atoms with Gasteiger partial charge in [-0.2, -0.15) is 11.8 Å². The molecule has 0 aromatic heterocycles. The number of alkyl halides is 1. The normalized spacial score (nSPS) is 20.4. The average Bonchev–Trinajstić information content (AvgIpc) is 2.38. The number of nitrogens with zero attached hydrogens (tertiary/aromatic N) is 1. The zero-order chi connectivity index (χ0) is 12.3. The third kappa shape index (κ3) is 3.17. The lowest BCUT2D eigenvalue weighted by atomic mass is 10.1. The molecule has 17 heavy (non-hydrogen) atoms. The van der Waals surface area contributed by atoms with E-state index in [2.05, 4.69) is 6.92 Å². The van der Waals surface area contributed by atoms with Gasteiger partial charge in [-0.05, 0) is 17.7 Å². The molecule has 1 aromatic carbocycles. The number of carbonyl (C=O) groups excluding carboxylic acids is 1. The van der Waals surface area contributed by atoms with E-state index in [1.807, 2.05) is 40.9 Å². The molecule has 1 unspecified atom stereocenters. The van der Waals surface area contributed by atoms with Gasteiger partial charge >= 0.3 is 0 Å². The summed E-state index contributed by atoms with van der Waals surface area (Å²) in [6, 6.07) is 7.57. The van der Waals surface area contributed by atoms with Crippen LogP contribution >= 0.6 is 23.4 Å². The smallest absolute Gasteiger partial charge is 0.253 e. The van der Waals surface area contributed by atoms with E-state index < -0.39 is 0 Å². The van der Waals surface area contributed by atoms with Crippen molar-refractivity contribution in [2.24, 2.45) is 0 Å². The summed E-state index contributed by atoms with van der Waals surface area (Å²) in [6.45, 7) is 3.87. The Labute approximate surface area is 111 Å². The number of thioether (sulfide) groups is 1. The van der Waals surface area contributed by atoms with Gasteiger partial charge in [0.2, 0.25) is 0 Å². The van der Waals surface area contributed by atoms with Gasteiger partial charge in [-0.3, -0.25) is 4.79 Å². The molecule has 1 aliphatic rings. The molecule has 1 fully saturated rings. The molecule has 1 aliphatic heterocycles. The summed E-state index contributed by atoms with van der Waals surface area (Å²) >= 11 is 7.66. The highest BCUT2D eigenvalue weighted by molar-refractivity contribution is 7.99. The van der Waals surface area contributed by atoms with Gasteiger partial charge in [0.25, 0.3) is 5.91 Å². The number of halogens is 1. The molecule has 1 heterocycles. The first kappa shape index (κ1) is 12.8. The minimum absolute atomic E-state index is 0.137. The Balaban J connectivity index is 2.07.